The Kier molecular flexibility index (Phi) is 4.96. The average Bonchev–Trinajstić information content (AvgIpc) is 2.53. The predicted molar refractivity (Wildman–Crippen MR) is 86.5 cm³/mol. The van der Waals surface area contributed by atoms with Crippen LogP contribution in [-0.4, -0.2) is 31.1 Å². The van der Waals surface area contributed by atoms with Gasteiger partial charge in [0, 0.05) is 12.2 Å². The molecule has 0 atom stereocenters. The number of benzene rings is 1. The Hall–Kier alpha value is -1.02. The molecule has 0 aromatic heterocycles. The van der Waals surface area contributed by atoms with Crippen molar-refractivity contribution in [3.8, 4) is 0 Å². The Balaban J connectivity index is 1.46. The number of hydrogen-bond donors (Lipinski definition) is 1. The number of hydrogen-bond acceptors (Lipinski definition) is 2. The lowest BCUT2D eigenvalue weighted by Crippen LogP contribution is -2.31. The maximum Gasteiger partial charge on any atom is 0.0375 e. The molecule has 2 heteroatoms. The summed E-state index contributed by atoms with van der Waals surface area (Å²) >= 11 is 0. The Morgan fingerprint density at radius 1 is 0.950 bits per heavy atom. The first-order chi connectivity index (χ1) is 9.93. The molecule has 0 amide bonds. The van der Waals surface area contributed by atoms with Crippen LogP contribution in [0.25, 0.3) is 0 Å². The van der Waals surface area contributed by atoms with Gasteiger partial charge in [-0.2, -0.15) is 0 Å². The lowest BCUT2D eigenvalue weighted by molar-refractivity contribution is 0.228. The number of nitrogens with one attached hydrogen (secondary N) is 1. The van der Waals surface area contributed by atoms with Crippen molar-refractivity contribution >= 4 is 5.69 Å². The highest BCUT2D eigenvalue weighted by atomic mass is 15.1. The van der Waals surface area contributed by atoms with E-state index < -0.39 is 0 Å². The van der Waals surface area contributed by atoms with Crippen molar-refractivity contribution in [1.29, 1.82) is 0 Å². The van der Waals surface area contributed by atoms with Crippen LogP contribution < -0.4 is 5.32 Å². The minimum atomic E-state index is 1.12. The number of aryl methyl sites for hydroxylation is 1. The van der Waals surface area contributed by atoms with E-state index in [1.165, 1.54) is 76.7 Å². The minimum absolute atomic E-state index is 1.12. The van der Waals surface area contributed by atoms with Crippen LogP contribution in [0.4, 0.5) is 5.69 Å². The van der Waals surface area contributed by atoms with E-state index in [9.17, 15) is 0 Å². The molecule has 1 aromatic rings. The molecule has 3 rings (SSSR count). The minimum Gasteiger partial charge on any atom is -0.385 e. The van der Waals surface area contributed by atoms with Crippen LogP contribution >= 0.6 is 0 Å². The molecule has 1 aliphatic carbocycles. The molecule has 0 radical (unpaired) electrons. The van der Waals surface area contributed by atoms with E-state index in [0.29, 0.717) is 0 Å². The molecule has 110 valence electrons. The molecule has 2 nitrogen and oxygen atoms in total. The number of nitrogens with zero attached hydrogens (tertiary/aromatic N) is 1. The number of anilines is 1. The third-order valence-electron chi connectivity index (χ3n) is 4.81. The van der Waals surface area contributed by atoms with E-state index in [1.54, 1.807) is 11.1 Å². The lowest BCUT2D eigenvalue weighted by atomic mass is 9.90. The molecule has 1 aromatic carbocycles. The summed E-state index contributed by atoms with van der Waals surface area (Å²) in [7, 11) is 0. The Morgan fingerprint density at radius 3 is 2.70 bits per heavy atom. The Bertz CT molecular complexity index is 421. The zero-order valence-corrected chi connectivity index (χ0v) is 12.7. The lowest BCUT2D eigenvalue weighted by Gasteiger charge is -2.26. The zero-order valence-electron chi connectivity index (χ0n) is 12.7. The summed E-state index contributed by atoms with van der Waals surface area (Å²) in [5.74, 6) is 0. The van der Waals surface area contributed by atoms with Crippen LogP contribution in [0, 0.1) is 0 Å². The fraction of sp³-hybridized carbons (Fsp3) is 0.667. The maximum absolute atomic E-state index is 3.69. The molecule has 1 N–H and O–H groups in total. The quantitative estimate of drug-likeness (QED) is 0.819. The number of rotatable bonds is 5. The van der Waals surface area contributed by atoms with Crippen molar-refractivity contribution in [3.05, 3.63) is 29.3 Å². The summed E-state index contributed by atoms with van der Waals surface area (Å²) in [6, 6.07) is 6.80. The van der Waals surface area contributed by atoms with Crippen molar-refractivity contribution < 1.29 is 0 Å². The van der Waals surface area contributed by atoms with E-state index in [-0.39, 0.29) is 0 Å². The number of piperidine rings is 1. The predicted octanol–water partition coefficient (Wildman–Crippen LogP) is 3.85. The molecule has 0 spiro atoms. The van der Waals surface area contributed by atoms with Gasteiger partial charge in [0.15, 0.2) is 0 Å². The SMILES string of the molecule is c1cc2c(c(NCCCN3CCCCC3)c1)CCCC2. The Labute approximate surface area is 123 Å². The van der Waals surface area contributed by atoms with E-state index in [0.717, 1.165) is 6.54 Å². The molecule has 2 aliphatic rings. The van der Waals surface area contributed by atoms with Gasteiger partial charge in [-0.1, -0.05) is 18.6 Å². The molecule has 0 bridgehead atoms. The fourth-order valence-corrected chi connectivity index (χ4v) is 3.66. The van der Waals surface area contributed by atoms with Crippen LogP contribution in [0.5, 0.6) is 0 Å². The summed E-state index contributed by atoms with van der Waals surface area (Å²) in [6.45, 7) is 5.02. The smallest absolute Gasteiger partial charge is 0.0375 e. The molecular formula is C18H28N2. The molecule has 1 heterocycles. The van der Waals surface area contributed by atoms with Crippen LogP contribution in [0.3, 0.4) is 0 Å². The molecule has 0 saturated carbocycles. The second-order valence-corrected chi connectivity index (χ2v) is 6.33. The van der Waals surface area contributed by atoms with Gasteiger partial charge in [-0.05, 0) is 81.8 Å². The first-order valence-corrected chi connectivity index (χ1v) is 8.50. The van der Waals surface area contributed by atoms with Gasteiger partial charge >= 0.3 is 0 Å². The van der Waals surface area contributed by atoms with Gasteiger partial charge in [0.05, 0.1) is 0 Å². The van der Waals surface area contributed by atoms with Gasteiger partial charge in [0.1, 0.15) is 0 Å². The normalized spacial score (nSPS) is 19.6. The second kappa shape index (κ2) is 7.12. The van der Waals surface area contributed by atoms with Crippen molar-refractivity contribution in [3.63, 3.8) is 0 Å². The van der Waals surface area contributed by atoms with Crippen molar-refractivity contribution in [2.75, 3.05) is 31.5 Å². The molecular weight excluding hydrogens is 244 g/mol. The van der Waals surface area contributed by atoms with E-state index in [2.05, 4.69) is 28.4 Å². The highest BCUT2D eigenvalue weighted by Crippen LogP contribution is 2.27. The van der Waals surface area contributed by atoms with Crippen LogP contribution in [0.2, 0.25) is 0 Å². The summed E-state index contributed by atoms with van der Waals surface area (Å²) in [5.41, 5.74) is 4.58. The van der Waals surface area contributed by atoms with Crippen molar-refractivity contribution in [2.24, 2.45) is 0 Å². The monoisotopic (exact) mass is 272 g/mol. The largest absolute Gasteiger partial charge is 0.385 e. The van der Waals surface area contributed by atoms with E-state index in [4.69, 9.17) is 0 Å². The first-order valence-electron chi connectivity index (χ1n) is 8.50. The molecule has 20 heavy (non-hydrogen) atoms. The van der Waals surface area contributed by atoms with Crippen LogP contribution in [0.1, 0.15) is 49.7 Å². The van der Waals surface area contributed by atoms with Crippen molar-refractivity contribution in [2.45, 2.75) is 51.4 Å². The molecule has 1 fully saturated rings. The number of likely N-dealkylation sites (tertiary alicyclic amines) is 1. The molecule has 1 saturated heterocycles. The summed E-state index contributed by atoms with van der Waals surface area (Å²) in [5, 5.41) is 3.69. The first kappa shape index (κ1) is 13.9. The number of fused-ring (bicyclic) bond motifs is 1. The summed E-state index contributed by atoms with van der Waals surface area (Å²) < 4.78 is 0. The van der Waals surface area contributed by atoms with Gasteiger partial charge in [-0.25, -0.2) is 0 Å². The standard InChI is InChI=1S/C18H28N2/c1-4-13-20(14-5-1)15-7-12-19-18-11-6-9-16-8-2-3-10-17(16)18/h6,9,11,19H,1-5,7-8,10,12-15H2. The Morgan fingerprint density at radius 2 is 1.80 bits per heavy atom. The van der Waals surface area contributed by atoms with Gasteiger partial charge < -0.3 is 10.2 Å². The van der Waals surface area contributed by atoms with Crippen LogP contribution in [0.15, 0.2) is 18.2 Å². The zero-order chi connectivity index (χ0) is 13.6. The van der Waals surface area contributed by atoms with Gasteiger partial charge in [0.25, 0.3) is 0 Å². The second-order valence-electron chi connectivity index (χ2n) is 6.33. The maximum atomic E-state index is 3.69. The molecule has 0 unspecified atom stereocenters. The highest BCUT2D eigenvalue weighted by Gasteiger charge is 2.13. The fourth-order valence-electron chi connectivity index (χ4n) is 3.66. The summed E-state index contributed by atoms with van der Waals surface area (Å²) in [6.07, 6.45) is 10.8. The van der Waals surface area contributed by atoms with Crippen LogP contribution in [-0.2, 0) is 12.8 Å². The highest BCUT2D eigenvalue weighted by molar-refractivity contribution is 5.55. The average molecular weight is 272 g/mol. The topological polar surface area (TPSA) is 15.3 Å². The van der Waals surface area contributed by atoms with Gasteiger partial charge in [-0.15, -0.1) is 0 Å². The summed E-state index contributed by atoms with van der Waals surface area (Å²) in [4.78, 5) is 2.63. The third kappa shape index (κ3) is 3.54. The van der Waals surface area contributed by atoms with E-state index in [1.807, 2.05) is 0 Å². The third-order valence-corrected chi connectivity index (χ3v) is 4.81. The van der Waals surface area contributed by atoms with Crippen molar-refractivity contribution in [1.82, 2.24) is 4.90 Å². The van der Waals surface area contributed by atoms with E-state index >= 15 is 0 Å². The molecule has 1 aliphatic heterocycles. The van der Waals surface area contributed by atoms with Gasteiger partial charge in [0.2, 0.25) is 0 Å². The van der Waals surface area contributed by atoms with Gasteiger partial charge in [-0.3, -0.25) is 0 Å².